The van der Waals surface area contributed by atoms with E-state index < -0.39 is 0 Å². The number of benzene rings is 2. The van der Waals surface area contributed by atoms with E-state index in [0.717, 1.165) is 18.7 Å². The molecular weight excluding hydrogens is 298 g/mol. The number of anilines is 1. The van der Waals surface area contributed by atoms with Gasteiger partial charge in [0, 0.05) is 35.2 Å². The molecule has 0 bridgehead atoms. The van der Waals surface area contributed by atoms with Crippen LogP contribution < -0.4 is 10.6 Å². The molecule has 3 rings (SSSR count). The second kappa shape index (κ2) is 7.79. The molecule has 0 radical (unpaired) electrons. The molecule has 1 unspecified atom stereocenters. The molecule has 2 aromatic carbocycles. The third-order valence-corrected chi connectivity index (χ3v) is 4.19. The summed E-state index contributed by atoms with van der Waals surface area (Å²) in [5.74, 6) is -0.0334. The highest BCUT2D eigenvalue weighted by molar-refractivity contribution is 5.92. The lowest BCUT2D eigenvalue weighted by Gasteiger charge is -2.13. The number of rotatable bonds is 7. The van der Waals surface area contributed by atoms with Crippen molar-refractivity contribution < 1.29 is 4.79 Å². The fourth-order valence-corrected chi connectivity index (χ4v) is 2.76. The standard InChI is InChI=1S/C20H23N3O/c1-15(20(24)23-17-7-3-2-4-8-17)13-21-12-11-16-14-22-19-10-6-5-9-18(16)19/h2-10,14-15,21-22H,11-13H2,1H3,(H,23,24). The summed E-state index contributed by atoms with van der Waals surface area (Å²) in [4.78, 5) is 15.4. The van der Waals surface area contributed by atoms with Crippen LogP contribution in [0.4, 0.5) is 5.69 Å². The van der Waals surface area contributed by atoms with E-state index in [1.54, 1.807) is 0 Å². The van der Waals surface area contributed by atoms with Gasteiger partial charge < -0.3 is 15.6 Å². The highest BCUT2D eigenvalue weighted by atomic mass is 16.1. The Morgan fingerprint density at radius 1 is 1.08 bits per heavy atom. The monoisotopic (exact) mass is 321 g/mol. The molecule has 1 heterocycles. The van der Waals surface area contributed by atoms with Gasteiger partial charge in [0.1, 0.15) is 0 Å². The first kappa shape index (κ1) is 16.3. The van der Waals surface area contributed by atoms with Crippen molar-refractivity contribution in [3.8, 4) is 0 Å². The maximum absolute atomic E-state index is 12.2. The number of amides is 1. The van der Waals surface area contributed by atoms with Crippen molar-refractivity contribution in [2.75, 3.05) is 18.4 Å². The zero-order valence-electron chi connectivity index (χ0n) is 13.9. The van der Waals surface area contributed by atoms with Crippen LogP contribution in [0.5, 0.6) is 0 Å². The molecule has 0 fully saturated rings. The van der Waals surface area contributed by atoms with Crippen molar-refractivity contribution in [1.29, 1.82) is 0 Å². The highest BCUT2D eigenvalue weighted by Gasteiger charge is 2.12. The van der Waals surface area contributed by atoms with Gasteiger partial charge in [0.25, 0.3) is 0 Å². The Morgan fingerprint density at radius 3 is 2.67 bits per heavy atom. The Kier molecular flexibility index (Phi) is 5.29. The summed E-state index contributed by atoms with van der Waals surface area (Å²) >= 11 is 0. The molecule has 4 heteroatoms. The summed E-state index contributed by atoms with van der Waals surface area (Å²) < 4.78 is 0. The maximum Gasteiger partial charge on any atom is 0.228 e. The number of nitrogens with one attached hydrogen (secondary N) is 3. The zero-order valence-corrected chi connectivity index (χ0v) is 13.9. The lowest BCUT2D eigenvalue weighted by atomic mass is 10.1. The second-order valence-corrected chi connectivity index (χ2v) is 6.07. The first-order chi connectivity index (χ1) is 11.7. The molecule has 0 aliphatic carbocycles. The normalized spacial score (nSPS) is 12.2. The molecule has 0 aliphatic heterocycles. The Balaban J connectivity index is 1.43. The van der Waals surface area contributed by atoms with Crippen molar-refractivity contribution in [2.45, 2.75) is 13.3 Å². The first-order valence-corrected chi connectivity index (χ1v) is 8.35. The lowest BCUT2D eigenvalue weighted by Crippen LogP contribution is -2.31. The number of hydrogen-bond donors (Lipinski definition) is 3. The molecule has 0 spiro atoms. The van der Waals surface area contributed by atoms with Crippen LogP contribution in [0.25, 0.3) is 10.9 Å². The lowest BCUT2D eigenvalue weighted by molar-refractivity contribution is -0.119. The second-order valence-electron chi connectivity index (χ2n) is 6.07. The van der Waals surface area contributed by atoms with Crippen LogP contribution in [0.3, 0.4) is 0 Å². The van der Waals surface area contributed by atoms with E-state index in [1.807, 2.05) is 43.3 Å². The summed E-state index contributed by atoms with van der Waals surface area (Å²) in [6.07, 6.45) is 3.01. The number of hydrogen-bond acceptors (Lipinski definition) is 2. The fraction of sp³-hybridized carbons (Fsp3) is 0.250. The van der Waals surface area contributed by atoms with Gasteiger partial charge in [-0.2, -0.15) is 0 Å². The summed E-state index contributed by atoms with van der Waals surface area (Å²) in [6.45, 7) is 3.46. The van der Waals surface area contributed by atoms with Crippen LogP contribution in [0.1, 0.15) is 12.5 Å². The minimum absolute atomic E-state index is 0.0424. The average Bonchev–Trinajstić information content (AvgIpc) is 3.02. The van der Waals surface area contributed by atoms with Crippen molar-refractivity contribution in [3.05, 3.63) is 66.4 Å². The summed E-state index contributed by atoms with van der Waals surface area (Å²) in [5, 5.41) is 7.59. The molecule has 24 heavy (non-hydrogen) atoms. The van der Waals surface area contributed by atoms with E-state index in [9.17, 15) is 4.79 Å². The molecule has 124 valence electrons. The third-order valence-electron chi connectivity index (χ3n) is 4.19. The van der Waals surface area contributed by atoms with E-state index in [-0.39, 0.29) is 11.8 Å². The molecule has 3 N–H and O–H groups in total. The molecule has 0 saturated carbocycles. The van der Waals surface area contributed by atoms with Gasteiger partial charge in [-0.3, -0.25) is 4.79 Å². The minimum atomic E-state index is -0.0758. The van der Waals surface area contributed by atoms with Crippen molar-refractivity contribution in [1.82, 2.24) is 10.3 Å². The van der Waals surface area contributed by atoms with Gasteiger partial charge in [-0.25, -0.2) is 0 Å². The molecule has 3 aromatic rings. The molecule has 1 aromatic heterocycles. The number of carbonyl (C=O) groups excluding carboxylic acids is 1. The molecule has 0 aliphatic rings. The summed E-state index contributed by atoms with van der Waals surface area (Å²) in [5.41, 5.74) is 3.32. The van der Waals surface area contributed by atoms with Crippen molar-refractivity contribution in [3.63, 3.8) is 0 Å². The van der Waals surface area contributed by atoms with Gasteiger partial charge >= 0.3 is 0 Å². The van der Waals surface area contributed by atoms with E-state index in [4.69, 9.17) is 0 Å². The van der Waals surface area contributed by atoms with Crippen LogP contribution in [-0.2, 0) is 11.2 Å². The predicted octanol–water partition coefficient (Wildman–Crippen LogP) is 3.57. The number of aromatic amines is 1. The van der Waals surface area contributed by atoms with Crippen molar-refractivity contribution in [2.24, 2.45) is 5.92 Å². The number of carbonyl (C=O) groups is 1. The maximum atomic E-state index is 12.2. The first-order valence-electron chi connectivity index (χ1n) is 8.35. The average molecular weight is 321 g/mol. The molecular formula is C20H23N3O. The number of para-hydroxylation sites is 2. The van der Waals surface area contributed by atoms with Gasteiger partial charge in [0.15, 0.2) is 0 Å². The van der Waals surface area contributed by atoms with E-state index in [1.165, 1.54) is 16.5 Å². The van der Waals surface area contributed by atoms with Gasteiger partial charge in [-0.05, 0) is 36.7 Å². The Morgan fingerprint density at radius 2 is 1.83 bits per heavy atom. The van der Waals surface area contributed by atoms with Crippen LogP contribution in [0, 0.1) is 5.92 Å². The summed E-state index contributed by atoms with van der Waals surface area (Å²) in [7, 11) is 0. The van der Waals surface area contributed by atoms with E-state index in [2.05, 4.69) is 40.0 Å². The van der Waals surface area contributed by atoms with Gasteiger partial charge in [-0.15, -0.1) is 0 Å². The summed E-state index contributed by atoms with van der Waals surface area (Å²) in [6, 6.07) is 17.9. The Labute approximate surface area is 142 Å². The quantitative estimate of drug-likeness (QED) is 0.583. The fourth-order valence-electron chi connectivity index (χ4n) is 2.76. The molecule has 1 amide bonds. The SMILES string of the molecule is CC(CNCCc1c[nH]c2ccccc12)C(=O)Nc1ccccc1. The van der Waals surface area contributed by atoms with Crippen LogP contribution in [-0.4, -0.2) is 24.0 Å². The van der Waals surface area contributed by atoms with Gasteiger partial charge in [-0.1, -0.05) is 43.3 Å². The molecule has 0 saturated heterocycles. The number of fused-ring (bicyclic) bond motifs is 1. The topological polar surface area (TPSA) is 56.9 Å². The number of H-pyrrole nitrogens is 1. The third kappa shape index (κ3) is 4.03. The van der Waals surface area contributed by atoms with E-state index >= 15 is 0 Å². The number of aromatic nitrogens is 1. The van der Waals surface area contributed by atoms with Gasteiger partial charge in [0.05, 0.1) is 0 Å². The minimum Gasteiger partial charge on any atom is -0.361 e. The van der Waals surface area contributed by atoms with Crippen LogP contribution in [0.15, 0.2) is 60.8 Å². The smallest absolute Gasteiger partial charge is 0.228 e. The van der Waals surface area contributed by atoms with Crippen LogP contribution >= 0.6 is 0 Å². The van der Waals surface area contributed by atoms with Crippen molar-refractivity contribution >= 4 is 22.5 Å². The zero-order chi connectivity index (χ0) is 16.8. The Hall–Kier alpha value is -2.59. The molecule has 4 nitrogen and oxygen atoms in total. The predicted molar refractivity (Wildman–Crippen MR) is 99.1 cm³/mol. The van der Waals surface area contributed by atoms with Gasteiger partial charge in [0.2, 0.25) is 5.91 Å². The largest absolute Gasteiger partial charge is 0.361 e. The Bertz CT molecular complexity index is 795. The van der Waals surface area contributed by atoms with Crippen LogP contribution in [0.2, 0.25) is 0 Å². The highest BCUT2D eigenvalue weighted by Crippen LogP contribution is 2.17. The molecule has 1 atom stereocenters. The van der Waals surface area contributed by atoms with E-state index in [0.29, 0.717) is 6.54 Å².